The van der Waals surface area contributed by atoms with Gasteiger partial charge in [0.2, 0.25) is 15.9 Å². The minimum absolute atomic E-state index is 0.0710. The number of benzene rings is 1. The number of morpholine rings is 1. The molecule has 2 aliphatic rings. The number of anilines is 4. The van der Waals surface area contributed by atoms with Crippen molar-refractivity contribution >= 4 is 38.9 Å². The molecule has 0 spiro atoms. The standard InChI is InChI=1S/C22H29N5O4S/c1-15(2)27-20-18(24-21(28)22(27,3)4)9-10-19(25-20)23-16-5-7-17(8-6-16)32(29,30)26-11-13-31-14-12-26/h5-10,15H,11-14H2,1-4H3,(H,23,25)(H,24,28). The van der Waals surface area contributed by atoms with Crippen LogP contribution < -0.4 is 15.5 Å². The van der Waals surface area contributed by atoms with Gasteiger partial charge in [-0.15, -0.1) is 0 Å². The van der Waals surface area contributed by atoms with Crippen LogP contribution in [0.3, 0.4) is 0 Å². The maximum absolute atomic E-state index is 12.8. The number of ether oxygens (including phenoxy) is 1. The van der Waals surface area contributed by atoms with Crippen LogP contribution in [0.1, 0.15) is 27.7 Å². The Bertz CT molecular complexity index is 1110. The number of carbonyl (C=O) groups is 1. The van der Waals surface area contributed by atoms with E-state index < -0.39 is 15.6 Å². The summed E-state index contributed by atoms with van der Waals surface area (Å²) in [6, 6.07) is 10.3. The summed E-state index contributed by atoms with van der Waals surface area (Å²) in [4.78, 5) is 19.5. The van der Waals surface area contributed by atoms with Gasteiger partial charge in [-0.3, -0.25) is 4.79 Å². The number of rotatable bonds is 5. The van der Waals surface area contributed by atoms with E-state index in [2.05, 4.69) is 10.6 Å². The van der Waals surface area contributed by atoms with Gasteiger partial charge in [0.1, 0.15) is 11.4 Å². The number of pyridine rings is 1. The molecule has 2 aromatic rings. The van der Waals surface area contributed by atoms with Gasteiger partial charge in [-0.05, 0) is 64.1 Å². The van der Waals surface area contributed by atoms with Crippen molar-refractivity contribution in [2.24, 2.45) is 0 Å². The summed E-state index contributed by atoms with van der Waals surface area (Å²) in [7, 11) is -3.54. The van der Waals surface area contributed by atoms with Crippen LogP contribution in [0, 0.1) is 0 Å². The maximum atomic E-state index is 12.8. The van der Waals surface area contributed by atoms with Crippen molar-refractivity contribution in [3.05, 3.63) is 36.4 Å². The van der Waals surface area contributed by atoms with Crippen molar-refractivity contribution < 1.29 is 17.9 Å². The second-order valence-electron chi connectivity index (χ2n) is 8.71. The fourth-order valence-electron chi connectivity index (χ4n) is 4.13. The monoisotopic (exact) mass is 459 g/mol. The number of nitrogens with zero attached hydrogens (tertiary/aromatic N) is 3. The zero-order chi connectivity index (χ0) is 23.1. The molecule has 4 rings (SSSR count). The summed E-state index contributed by atoms with van der Waals surface area (Å²) in [6.45, 7) is 9.35. The number of hydrogen-bond acceptors (Lipinski definition) is 7. The molecule has 2 aliphatic heterocycles. The van der Waals surface area contributed by atoms with E-state index in [0.29, 0.717) is 49.3 Å². The highest BCUT2D eigenvalue weighted by Gasteiger charge is 2.42. The summed E-state index contributed by atoms with van der Waals surface area (Å²) >= 11 is 0. The number of carbonyl (C=O) groups excluding carboxylic acids is 1. The third kappa shape index (κ3) is 4.05. The van der Waals surface area contributed by atoms with Gasteiger partial charge in [0.25, 0.3) is 0 Å². The molecule has 0 aliphatic carbocycles. The highest BCUT2D eigenvalue weighted by molar-refractivity contribution is 7.89. The summed E-state index contributed by atoms with van der Waals surface area (Å²) in [5.41, 5.74) is 0.650. The zero-order valence-electron chi connectivity index (χ0n) is 18.8. The Kier molecular flexibility index (Phi) is 5.87. The average Bonchev–Trinajstić information content (AvgIpc) is 2.75. The third-order valence-corrected chi connectivity index (χ3v) is 7.67. The molecule has 32 heavy (non-hydrogen) atoms. The lowest BCUT2D eigenvalue weighted by Crippen LogP contribution is -2.59. The van der Waals surface area contributed by atoms with E-state index in [1.807, 2.05) is 38.7 Å². The van der Waals surface area contributed by atoms with Crippen LogP contribution in [-0.2, 0) is 19.6 Å². The Labute approximate surface area is 188 Å². The molecular formula is C22H29N5O4S. The minimum Gasteiger partial charge on any atom is -0.379 e. The molecule has 0 atom stereocenters. The van der Waals surface area contributed by atoms with E-state index in [1.54, 1.807) is 30.3 Å². The molecule has 0 radical (unpaired) electrons. The van der Waals surface area contributed by atoms with Crippen molar-refractivity contribution in [2.45, 2.75) is 44.2 Å². The van der Waals surface area contributed by atoms with Crippen molar-refractivity contribution in [2.75, 3.05) is 41.8 Å². The molecule has 9 nitrogen and oxygen atoms in total. The fraction of sp³-hybridized carbons (Fsp3) is 0.455. The molecule has 1 aromatic carbocycles. The summed E-state index contributed by atoms with van der Waals surface area (Å²) in [5.74, 6) is 1.23. The Balaban J connectivity index is 1.57. The van der Waals surface area contributed by atoms with Gasteiger partial charge < -0.3 is 20.3 Å². The molecule has 3 heterocycles. The lowest BCUT2D eigenvalue weighted by Gasteiger charge is -2.45. The second kappa shape index (κ2) is 8.34. The van der Waals surface area contributed by atoms with Gasteiger partial charge in [0.05, 0.1) is 23.8 Å². The number of amides is 1. The summed E-state index contributed by atoms with van der Waals surface area (Å²) < 4.78 is 32.3. The minimum atomic E-state index is -3.54. The molecule has 1 aromatic heterocycles. The molecular weight excluding hydrogens is 430 g/mol. The van der Waals surface area contributed by atoms with Gasteiger partial charge in [-0.2, -0.15) is 4.31 Å². The van der Waals surface area contributed by atoms with Crippen LogP contribution in [-0.4, -0.2) is 61.5 Å². The normalized spacial score (nSPS) is 18.9. The Hall–Kier alpha value is -2.69. The highest BCUT2D eigenvalue weighted by atomic mass is 32.2. The Morgan fingerprint density at radius 1 is 1.09 bits per heavy atom. The first kappa shape index (κ1) is 22.5. The smallest absolute Gasteiger partial charge is 0.249 e. The van der Waals surface area contributed by atoms with Gasteiger partial charge in [-0.25, -0.2) is 13.4 Å². The van der Waals surface area contributed by atoms with Crippen molar-refractivity contribution in [3.63, 3.8) is 0 Å². The number of sulfonamides is 1. The summed E-state index contributed by atoms with van der Waals surface area (Å²) in [6.07, 6.45) is 0. The van der Waals surface area contributed by atoms with Crippen LogP contribution in [0.25, 0.3) is 0 Å². The Morgan fingerprint density at radius 3 is 2.38 bits per heavy atom. The molecule has 1 fully saturated rings. The van der Waals surface area contributed by atoms with Crippen LogP contribution in [0.4, 0.5) is 23.0 Å². The van der Waals surface area contributed by atoms with Crippen LogP contribution >= 0.6 is 0 Å². The summed E-state index contributed by atoms with van der Waals surface area (Å²) in [5, 5.41) is 6.16. The third-order valence-electron chi connectivity index (χ3n) is 5.76. The average molecular weight is 460 g/mol. The van der Waals surface area contributed by atoms with Gasteiger partial charge in [0, 0.05) is 24.8 Å². The lowest BCUT2D eigenvalue weighted by molar-refractivity contribution is -0.120. The lowest BCUT2D eigenvalue weighted by atomic mass is 9.96. The van der Waals surface area contributed by atoms with Crippen molar-refractivity contribution in [1.29, 1.82) is 0 Å². The molecule has 1 amide bonds. The number of hydrogen-bond donors (Lipinski definition) is 2. The molecule has 2 N–H and O–H groups in total. The molecule has 0 bridgehead atoms. The number of nitrogens with one attached hydrogen (secondary N) is 2. The number of aromatic nitrogens is 1. The van der Waals surface area contributed by atoms with E-state index in [0.717, 1.165) is 0 Å². The SMILES string of the molecule is CC(C)N1c2nc(Nc3ccc(S(=O)(=O)N4CCOCC4)cc3)ccc2NC(=O)C1(C)C. The van der Waals surface area contributed by atoms with Crippen molar-refractivity contribution in [1.82, 2.24) is 9.29 Å². The predicted octanol–water partition coefficient (Wildman–Crippen LogP) is 2.79. The predicted molar refractivity (Wildman–Crippen MR) is 124 cm³/mol. The second-order valence-corrected chi connectivity index (χ2v) is 10.6. The van der Waals surface area contributed by atoms with Crippen LogP contribution in [0.2, 0.25) is 0 Å². The quantitative estimate of drug-likeness (QED) is 0.709. The van der Waals surface area contributed by atoms with Gasteiger partial charge in [-0.1, -0.05) is 0 Å². The molecule has 1 saturated heterocycles. The largest absolute Gasteiger partial charge is 0.379 e. The van der Waals surface area contributed by atoms with E-state index in [4.69, 9.17) is 9.72 Å². The van der Waals surface area contributed by atoms with E-state index in [1.165, 1.54) is 4.31 Å². The maximum Gasteiger partial charge on any atom is 0.249 e. The number of fused-ring (bicyclic) bond motifs is 1. The molecule has 0 unspecified atom stereocenters. The highest BCUT2D eigenvalue weighted by Crippen LogP contribution is 2.38. The first-order valence-corrected chi connectivity index (χ1v) is 12.1. The van der Waals surface area contributed by atoms with Gasteiger partial charge in [0.15, 0.2) is 5.82 Å². The molecule has 172 valence electrons. The molecule has 10 heteroatoms. The first-order valence-electron chi connectivity index (χ1n) is 10.7. The Morgan fingerprint density at radius 2 is 1.75 bits per heavy atom. The van der Waals surface area contributed by atoms with Crippen LogP contribution in [0.5, 0.6) is 0 Å². The van der Waals surface area contributed by atoms with Gasteiger partial charge >= 0.3 is 0 Å². The van der Waals surface area contributed by atoms with Crippen LogP contribution in [0.15, 0.2) is 41.3 Å². The zero-order valence-corrected chi connectivity index (χ0v) is 19.6. The van der Waals surface area contributed by atoms with E-state index in [-0.39, 0.29) is 16.8 Å². The first-order chi connectivity index (χ1) is 15.1. The van der Waals surface area contributed by atoms with E-state index >= 15 is 0 Å². The van der Waals surface area contributed by atoms with E-state index in [9.17, 15) is 13.2 Å². The molecule has 0 saturated carbocycles. The van der Waals surface area contributed by atoms with Crippen molar-refractivity contribution in [3.8, 4) is 0 Å². The topological polar surface area (TPSA) is 104 Å². The fourth-order valence-corrected chi connectivity index (χ4v) is 5.54.